The summed E-state index contributed by atoms with van der Waals surface area (Å²) in [6.07, 6.45) is 0. The number of carbonyl (C=O) groups is 3. The maximum absolute atomic E-state index is 13.1. The van der Waals surface area contributed by atoms with Crippen LogP contribution in [0.1, 0.15) is 42.7 Å². The van der Waals surface area contributed by atoms with E-state index in [1.807, 2.05) is 31.2 Å². The molecule has 3 amide bonds. The fourth-order valence-electron chi connectivity index (χ4n) is 2.90. The zero-order valence-corrected chi connectivity index (χ0v) is 16.7. The lowest BCUT2D eigenvalue weighted by atomic mass is 10.0. The van der Waals surface area contributed by atoms with E-state index < -0.39 is 0 Å². The van der Waals surface area contributed by atoms with Gasteiger partial charge in [-0.25, -0.2) is 0 Å². The van der Waals surface area contributed by atoms with Crippen LogP contribution < -0.4 is 15.4 Å². The molecule has 1 unspecified atom stereocenters. The summed E-state index contributed by atoms with van der Waals surface area (Å²) in [4.78, 5) is 37.5. The van der Waals surface area contributed by atoms with E-state index in [2.05, 4.69) is 10.6 Å². The normalized spacial score (nSPS) is 11.3. The molecule has 0 heterocycles. The average molecular weight is 383 g/mol. The van der Waals surface area contributed by atoms with Gasteiger partial charge in [0.05, 0.1) is 13.2 Å². The molecule has 0 spiro atoms. The van der Waals surface area contributed by atoms with Crippen LogP contribution in [0, 0.1) is 0 Å². The first kappa shape index (κ1) is 21.0. The van der Waals surface area contributed by atoms with Crippen LogP contribution in [0.2, 0.25) is 0 Å². The molecule has 0 aliphatic carbocycles. The lowest BCUT2D eigenvalue weighted by Gasteiger charge is -2.27. The fourth-order valence-corrected chi connectivity index (χ4v) is 2.90. The Labute approximate surface area is 164 Å². The number of carbonyl (C=O) groups excluding carboxylic acids is 3. The number of benzene rings is 2. The van der Waals surface area contributed by atoms with Crippen molar-refractivity contribution in [2.75, 3.05) is 24.8 Å². The van der Waals surface area contributed by atoms with Crippen LogP contribution in [0.15, 0.2) is 42.5 Å². The number of anilines is 2. The van der Waals surface area contributed by atoms with E-state index in [9.17, 15) is 14.4 Å². The van der Waals surface area contributed by atoms with Crippen molar-refractivity contribution in [3.8, 4) is 5.75 Å². The largest absolute Gasteiger partial charge is 0.496 e. The highest BCUT2D eigenvalue weighted by Crippen LogP contribution is 2.30. The van der Waals surface area contributed by atoms with Gasteiger partial charge in [-0.3, -0.25) is 14.4 Å². The van der Waals surface area contributed by atoms with Crippen molar-refractivity contribution < 1.29 is 19.1 Å². The number of amides is 3. The van der Waals surface area contributed by atoms with Gasteiger partial charge in [0.2, 0.25) is 11.8 Å². The predicted molar refractivity (Wildman–Crippen MR) is 109 cm³/mol. The number of para-hydroxylation sites is 1. The van der Waals surface area contributed by atoms with E-state index in [1.165, 1.54) is 13.8 Å². The van der Waals surface area contributed by atoms with Gasteiger partial charge < -0.3 is 20.3 Å². The molecule has 28 heavy (non-hydrogen) atoms. The molecule has 0 aliphatic rings. The van der Waals surface area contributed by atoms with E-state index in [0.717, 1.165) is 5.56 Å². The number of hydrogen-bond donors (Lipinski definition) is 2. The third-order valence-electron chi connectivity index (χ3n) is 4.31. The molecule has 2 N–H and O–H groups in total. The summed E-state index contributed by atoms with van der Waals surface area (Å²) in [6.45, 7) is 4.66. The van der Waals surface area contributed by atoms with Crippen molar-refractivity contribution in [1.82, 2.24) is 4.90 Å². The first-order valence-electron chi connectivity index (χ1n) is 8.83. The minimum absolute atomic E-state index is 0.253. The third-order valence-corrected chi connectivity index (χ3v) is 4.31. The van der Waals surface area contributed by atoms with Crippen molar-refractivity contribution in [2.45, 2.75) is 26.8 Å². The van der Waals surface area contributed by atoms with Gasteiger partial charge in [-0.2, -0.15) is 0 Å². The van der Waals surface area contributed by atoms with Crippen molar-refractivity contribution >= 4 is 29.1 Å². The summed E-state index contributed by atoms with van der Waals surface area (Å²) in [5, 5.41) is 5.30. The molecule has 2 aromatic carbocycles. The van der Waals surface area contributed by atoms with Gasteiger partial charge in [-0.15, -0.1) is 0 Å². The summed E-state index contributed by atoms with van der Waals surface area (Å²) in [7, 11) is 3.28. The first-order chi connectivity index (χ1) is 13.2. The predicted octanol–water partition coefficient (Wildman–Crippen LogP) is 3.45. The second kappa shape index (κ2) is 9.03. The van der Waals surface area contributed by atoms with Crippen LogP contribution in [0.4, 0.5) is 11.4 Å². The molecule has 0 aromatic heterocycles. The molecular formula is C21H25N3O4. The average Bonchev–Trinajstić information content (AvgIpc) is 2.64. The maximum atomic E-state index is 13.1. The Kier molecular flexibility index (Phi) is 6.76. The van der Waals surface area contributed by atoms with Gasteiger partial charge in [0.1, 0.15) is 5.75 Å². The summed E-state index contributed by atoms with van der Waals surface area (Å²) < 4.78 is 5.39. The van der Waals surface area contributed by atoms with Gasteiger partial charge >= 0.3 is 0 Å². The number of methoxy groups -OCH3 is 1. The van der Waals surface area contributed by atoms with Gasteiger partial charge in [0, 0.05) is 43.4 Å². The minimum atomic E-state index is -0.269. The highest BCUT2D eigenvalue weighted by atomic mass is 16.5. The van der Waals surface area contributed by atoms with E-state index in [0.29, 0.717) is 22.7 Å². The maximum Gasteiger partial charge on any atom is 0.254 e. The molecule has 0 radical (unpaired) electrons. The monoisotopic (exact) mass is 383 g/mol. The SMILES string of the molecule is COc1ccccc1C(C)N(C)C(=O)c1cc(NC(C)=O)cc(NC(C)=O)c1. The number of nitrogens with one attached hydrogen (secondary N) is 2. The topological polar surface area (TPSA) is 87.7 Å². The minimum Gasteiger partial charge on any atom is -0.496 e. The van der Waals surface area contributed by atoms with Gasteiger partial charge in [0.15, 0.2) is 0 Å². The quantitative estimate of drug-likeness (QED) is 0.800. The van der Waals surface area contributed by atoms with E-state index >= 15 is 0 Å². The number of ether oxygens (including phenoxy) is 1. The standard InChI is InChI=1S/C21H25N3O4/c1-13(19-8-6-7-9-20(19)28-5)24(4)21(27)16-10-17(22-14(2)25)12-18(11-16)23-15(3)26/h6-13H,1-5H3,(H,22,25)(H,23,26). The molecular weight excluding hydrogens is 358 g/mol. The van der Waals surface area contributed by atoms with Gasteiger partial charge in [-0.1, -0.05) is 18.2 Å². The molecule has 2 rings (SSSR count). The van der Waals surface area contributed by atoms with Crippen LogP contribution in [-0.2, 0) is 9.59 Å². The molecule has 7 nitrogen and oxygen atoms in total. The Hall–Kier alpha value is -3.35. The highest BCUT2D eigenvalue weighted by molar-refractivity contribution is 6.00. The van der Waals surface area contributed by atoms with Crippen molar-refractivity contribution in [1.29, 1.82) is 0 Å². The summed E-state index contributed by atoms with van der Waals surface area (Å²) in [5.41, 5.74) is 2.08. The Morgan fingerprint density at radius 2 is 1.50 bits per heavy atom. The highest BCUT2D eigenvalue weighted by Gasteiger charge is 2.22. The molecule has 7 heteroatoms. The Morgan fingerprint density at radius 3 is 2.00 bits per heavy atom. The van der Waals surface area contributed by atoms with Gasteiger partial charge in [0.25, 0.3) is 5.91 Å². The van der Waals surface area contributed by atoms with E-state index in [4.69, 9.17) is 4.74 Å². The summed E-state index contributed by atoms with van der Waals surface area (Å²) >= 11 is 0. The molecule has 2 aromatic rings. The first-order valence-corrected chi connectivity index (χ1v) is 8.83. The van der Waals surface area contributed by atoms with Crippen molar-refractivity contribution in [2.24, 2.45) is 0 Å². The molecule has 148 valence electrons. The van der Waals surface area contributed by atoms with Crippen molar-refractivity contribution in [3.63, 3.8) is 0 Å². The molecule has 0 saturated heterocycles. The van der Waals surface area contributed by atoms with Crippen LogP contribution in [0.5, 0.6) is 5.75 Å². The Bertz CT molecular complexity index is 861. The number of nitrogens with zero attached hydrogens (tertiary/aromatic N) is 1. The number of rotatable bonds is 6. The Morgan fingerprint density at radius 1 is 0.964 bits per heavy atom. The summed E-state index contributed by atoms with van der Waals surface area (Å²) in [6, 6.07) is 12.0. The molecule has 0 saturated carbocycles. The Balaban J connectivity index is 2.37. The second-order valence-corrected chi connectivity index (χ2v) is 6.50. The van der Waals surface area contributed by atoms with Crippen LogP contribution in [-0.4, -0.2) is 36.8 Å². The second-order valence-electron chi connectivity index (χ2n) is 6.50. The molecule has 1 atom stereocenters. The summed E-state index contributed by atoms with van der Waals surface area (Å²) in [5.74, 6) is -0.0963. The van der Waals surface area contributed by atoms with Crippen LogP contribution >= 0.6 is 0 Å². The lowest BCUT2D eigenvalue weighted by Crippen LogP contribution is -2.30. The van der Waals surface area contributed by atoms with Crippen LogP contribution in [0.25, 0.3) is 0 Å². The van der Waals surface area contributed by atoms with E-state index in [1.54, 1.807) is 37.3 Å². The zero-order valence-electron chi connectivity index (χ0n) is 16.7. The number of hydrogen-bond acceptors (Lipinski definition) is 4. The third kappa shape index (κ3) is 5.09. The zero-order chi connectivity index (χ0) is 20.8. The lowest BCUT2D eigenvalue weighted by molar-refractivity contribution is -0.115. The fraction of sp³-hybridized carbons (Fsp3) is 0.286. The van der Waals surface area contributed by atoms with Gasteiger partial charge in [-0.05, 0) is 31.2 Å². The molecule has 0 bridgehead atoms. The van der Waals surface area contributed by atoms with Crippen LogP contribution in [0.3, 0.4) is 0 Å². The smallest absolute Gasteiger partial charge is 0.254 e. The molecule has 0 aliphatic heterocycles. The van der Waals surface area contributed by atoms with E-state index in [-0.39, 0.29) is 23.8 Å². The van der Waals surface area contributed by atoms with Crippen molar-refractivity contribution in [3.05, 3.63) is 53.6 Å². The molecule has 0 fully saturated rings.